The van der Waals surface area contributed by atoms with E-state index in [0.717, 1.165) is 36.0 Å². The molecule has 0 aromatic heterocycles. The fraction of sp³-hybridized carbons (Fsp3) is 0.278. The second kappa shape index (κ2) is 6.02. The second-order valence-corrected chi connectivity index (χ2v) is 6.33. The minimum Gasteiger partial charge on any atom is -0.370 e. The van der Waals surface area contributed by atoms with Gasteiger partial charge in [0, 0.05) is 23.1 Å². The molecule has 0 unspecified atom stereocenters. The van der Waals surface area contributed by atoms with Crippen molar-refractivity contribution < 1.29 is 4.79 Å². The van der Waals surface area contributed by atoms with Crippen LogP contribution in [0.1, 0.15) is 28.4 Å². The van der Waals surface area contributed by atoms with E-state index in [0.29, 0.717) is 0 Å². The van der Waals surface area contributed by atoms with Crippen molar-refractivity contribution in [2.24, 2.45) is 0 Å². The Morgan fingerprint density at radius 1 is 1.05 bits per heavy atom. The van der Waals surface area contributed by atoms with Crippen molar-refractivity contribution >= 4 is 27.4 Å². The summed E-state index contributed by atoms with van der Waals surface area (Å²) in [5.41, 5.74) is 4.84. The van der Waals surface area contributed by atoms with Gasteiger partial charge in [-0.2, -0.15) is 0 Å². The van der Waals surface area contributed by atoms with Crippen LogP contribution in [0.3, 0.4) is 0 Å². The topological polar surface area (TPSA) is 20.3 Å². The Hall–Kier alpha value is -1.61. The number of benzene rings is 2. The van der Waals surface area contributed by atoms with Gasteiger partial charge in [-0.25, -0.2) is 0 Å². The van der Waals surface area contributed by atoms with Gasteiger partial charge in [-0.3, -0.25) is 4.79 Å². The zero-order valence-corrected chi connectivity index (χ0v) is 13.7. The van der Waals surface area contributed by atoms with Crippen molar-refractivity contribution in [2.75, 3.05) is 18.0 Å². The third-order valence-corrected chi connectivity index (χ3v) is 4.75. The quantitative estimate of drug-likeness (QED) is 0.759. The summed E-state index contributed by atoms with van der Waals surface area (Å²) >= 11 is 3.62. The first-order valence-corrected chi connectivity index (χ1v) is 8.06. The molecular weight excluding hydrogens is 326 g/mol. The lowest BCUT2D eigenvalue weighted by Crippen LogP contribution is -2.26. The van der Waals surface area contributed by atoms with E-state index in [4.69, 9.17) is 0 Å². The molecule has 1 aliphatic rings. The van der Waals surface area contributed by atoms with Crippen LogP contribution in [-0.4, -0.2) is 18.9 Å². The van der Waals surface area contributed by atoms with Crippen molar-refractivity contribution in [1.29, 1.82) is 0 Å². The van der Waals surface area contributed by atoms with Crippen LogP contribution in [0.5, 0.6) is 0 Å². The fourth-order valence-electron chi connectivity index (χ4n) is 2.89. The lowest BCUT2D eigenvalue weighted by Gasteiger charge is -2.24. The molecule has 2 aromatic rings. The van der Waals surface area contributed by atoms with Crippen molar-refractivity contribution in [3.63, 3.8) is 0 Å². The van der Waals surface area contributed by atoms with Crippen LogP contribution in [0.4, 0.5) is 5.69 Å². The first kappa shape index (κ1) is 14.3. The summed E-state index contributed by atoms with van der Waals surface area (Å²) in [6.45, 7) is 3.62. The number of carbonyl (C=O) groups excluding carboxylic acids is 1. The number of rotatable bonds is 2. The van der Waals surface area contributed by atoms with E-state index < -0.39 is 0 Å². The van der Waals surface area contributed by atoms with Crippen molar-refractivity contribution in [3.05, 3.63) is 63.6 Å². The molecule has 108 valence electrons. The number of nitrogens with zero attached hydrogens (tertiary/aromatic N) is 1. The van der Waals surface area contributed by atoms with Gasteiger partial charge in [-0.05, 0) is 65.0 Å². The van der Waals surface area contributed by atoms with Gasteiger partial charge in [0.15, 0.2) is 5.78 Å². The van der Waals surface area contributed by atoms with E-state index >= 15 is 0 Å². The molecule has 21 heavy (non-hydrogen) atoms. The number of hydrogen-bond acceptors (Lipinski definition) is 2. The van der Waals surface area contributed by atoms with Crippen molar-refractivity contribution in [1.82, 2.24) is 0 Å². The van der Waals surface area contributed by atoms with Crippen LogP contribution in [0, 0.1) is 0 Å². The normalized spacial score (nSPS) is 14.5. The first-order chi connectivity index (χ1) is 10.1. The molecule has 0 bridgehead atoms. The minimum absolute atomic E-state index is 0.102. The first-order valence-electron chi connectivity index (χ1n) is 7.27. The van der Waals surface area contributed by atoms with Crippen molar-refractivity contribution in [3.8, 4) is 0 Å². The summed E-state index contributed by atoms with van der Waals surface area (Å²) in [6, 6.07) is 14.6. The van der Waals surface area contributed by atoms with Crippen LogP contribution < -0.4 is 4.90 Å². The highest BCUT2D eigenvalue weighted by atomic mass is 79.9. The fourth-order valence-corrected chi connectivity index (χ4v) is 3.52. The van der Waals surface area contributed by atoms with Gasteiger partial charge in [0.2, 0.25) is 0 Å². The van der Waals surface area contributed by atoms with Crippen LogP contribution in [0.2, 0.25) is 0 Å². The molecule has 0 N–H and O–H groups in total. The number of anilines is 1. The van der Waals surface area contributed by atoms with Crippen molar-refractivity contribution in [2.45, 2.75) is 19.8 Å². The Bertz CT molecular complexity index is 654. The van der Waals surface area contributed by atoms with E-state index in [1.165, 1.54) is 16.8 Å². The maximum atomic E-state index is 11.5. The molecule has 1 heterocycles. The Morgan fingerprint density at radius 3 is 2.19 bits per heavy atom. The van der Waals surface area contributed by atoms with Gasteiger partial charge < -0.3 is 4.90 Å². The van der Waals surface area contributed by atoms with Crippen LogP contribution >= 0.6 is 15.9 Å². The lowest BCUT2D eigenvalue weighted by atomic mass is 10.0. The minimum atomic E-state index is 0.102. The molecule has 0 radical (unpaired) electrons. The third-order valence-electron chi connectivity index (χ3n) is 4.12. The summed E-state index contributed by atoms with van der Waals surface area (Å²) in [5.74, 6) is 0.102. The average Bonchev–Trinajstić information content (AvgIpc) is 2.70. The van der Waals surface area contributed by atoms with E-state index in [-0.39, 0.29) is 5.78 Å². The average molecular weight is 344 g/mol. The molecule has 3 heteroatoms. The molecule has 0 spiro atoms. The molecule has 3 rings (SSSR count). The Morgan fingerprint density at radius 2 is 1.67 bits per heavy atom. The van der Waals surface area contributed by atoms with E-state index in [1.807, 2.05) is 12.1 Å². The maximum Gasteiger partial charge on any atom is 0.159 e. The Balaban J connectivity index is 1.84. The molecular formula is C18H18BrNO. The number of halogens is 1. The van der Waals surface area contributed by atoms with E-state index in [9.17, 15) is 4.79 Å². The molecule has 0 amide bonds. The van der Waals surface area contributed by atoms with Crippen LogP contribution in [0.15, 0.2) is 46.9 Å². The highest BCUT2D eigenvalue weighted by Crippen LogP contribution is 2.29. The molecule has 0 fully saturated rings. The van der Waals surface area contributed by atoms with E-state index in [1.54, 1.807) is 6.92 Å². The second-order valence-electron chi connectivity index (χ2n) is 5.48. The highest BCUT2D eigenvalue weighted by molar-refractivity contribution is 9.10. The summed E-state index contributed by atoms with van der Waals surface area (Å²) in [4.78, 5) is 13.9. The smallest absolute Gasteiger partial charge is 0.159 e. The van der Waals surface area contributed by atoms with Crippen LogP contribution in [0.25, 0.3) is 0 Å². The molecule has 0 atom stereocenters. The van der Waals surface area contributed by atoms with Gasteiger partial charge in [0.1, 0.15) is 0 Å². The molecule has 0 saturated carbocycles. The zero-order chi connectivity index (χ0) is 14.8. The largest absolute Gasteiger partial charge is 0.370 e. The molecule has 0 saturated heterocycles. The lowest BCUT2D eigenvalue weighted by molar-refractivity contribution is 0.101. The predicted octanol–water partition coefficient (Wildman–Crippen LogP) is 4.26. The molecule has 1 aliphatic heterocycles. The Labute approximate surface area is 133 Å². The summed E-state index contributed by atoms with van der Waals surface area (Å²) in [7, 11) is 0. The Kier molecular flexibility index (Phi) is 4.11. The summed E-state index contributed by atoms with van der Waals surface area (Å²) in [5, 5.41) is 0. The highest BCUT2D eigenvalue weighted by Gasteiger charge is 2.16. The monoisotopic (exact) mass is 343 g/mol. The molecule has 2 nitrogen and oxygen atoms in total. The van der Waals surface area contributed by atoms with Gasteiger partial charge in [-0.15, -0.1) is 0 Å². The SMILES string of the molecule is CC(=O)c1ccc(N2CCc3ccccc3CC2)c(Br)c1. The third kappa shape index (κ3) is 3.03. The molecule has 2 aromatic carbocycles. The van der Waals surface area contributed by atoms with Crippen LogP contribution in [-0.2, 0) is 12.8 Å². The number of carbonyl (C=O) groups is 1. The number of Topliss-reactive ketones (excluding diaryl/α,β-unsaturated/α-hetero) is 1. The van der Waals surface area contributed by atoms with Gasteiger partial charge in [0.05, 0.1) is 5.69 Å². The predicted molar refractivity (Wildman–Crippen MR) is 90.2 cm³/mol. The van der Waals surface area contributed by atoms with Gasteiger partial charge >= 0.3 is 0 Å². The van der Waals surface area contributed by atoms with Gasteiger partial charge in [-0.1, -0.05) is 24.3 Å². The summed E-state index contributed by atoms with van der Waals surface area (Å²) < 4.78 is 1.00. The number of fused-ring (bicyclic) bond motifs is 1. The number of ketones is 1. The van der Waals surface area contributed by atoms with E-state index in [2.05, 4.69) is 51.2 Å². The summed E-state index contributed by atoms with van der Waals surface area (Å²) in [6.07, 6.45) is 2.13. The maximum absolute atomic E-state index is 11.5. The zero-order valence-electron chi connectivity index (χ0n) is 12.1. The van der Waals surface area contributed by atoms with Gasteiger partial charge in [0.25, 0.3) is 0 Å². The standard InChI is InChI=1S/C18H18BrNO/c1-13(21)16-6-7-18(17(19)12-16)20-10-8-14-4-2-3-5-15(14)9-11-20/h2-7,12H,8-11H2,1H3. The molecule has 0 aliphatic carbocycles. The number of hydrogen-bond donors (Lipinski definition) is 0.